The molecule has 110 valence electrons. The first-order chi connectivity index (χ1) is 9.15. The highest BCUT2D eigenvalue weighted by Gasteiger charge is 2.21. The van der Waals surface area contributed by atoms with Crippen molar-refractivity contribution in [2.75, 3.05) is 53.0 Å². The van der Waals surface area contributed by atoms with Crippen LogP contribution in [0.5, 0.6) is 0 Å². The molecule has 6 nitrogen and oxygen atoms in total. The standard InChI is InChI=1S/C13H25N3O3/c1-12(17)15-7-9-16(10-8-15)13(18)4-6-14-5-3-11-19-2/h14H,3-11H2,1-2H3. The summed E-state index contributed by atoms with van der Waals surface area (Å²) in [5.41, 5.74) is 0. The zero-order valence-electron chi connectivity index (χ0n) is 12.0. The second kappa shape index (κ2) is 8.87. The highest BCUT2D eigenvalue weighted by atomic mass is 16.5. The molecule has 0 bridgehead atoms. The van der Waals surface area contributed by atoms with E-state index in [1.807, 2.05) is 4.90 Å². The zero-order chi connectivity index (χ0) is 14.1. The van der Waals surface area contributed by atoms with Gasteiger partial charge < -0.3 is 19.9 Å². The summed E-state index contributed by atoms with van der Waals surface area (Å²) in [5.74, 6) is 0.259. The number of nitrogens with one attached hydrogen (secondary N) is 1. The molecule has 19 heavy (non-hydrogen) atoms. The fraction of sp³-hybridized carbons (Fsp3) is 0.846. The molecular weight excluding hydrogens is 246 g/mol. The third-order valence-corrected chi connectivity index (χ3v) is 3.30. The maximum absolute atomic E-state index is 11.9. The molecule has 1 N–H and O–H groups in total. The van der Waals surface area contributed by atoms with Gasteiger partial charge in [0, 0.05) is 59.8 Å². The molecule has 1 aliphatic heterocycles. The van der Waals surface area contributed by atoms with Crippen molar-refractivity contribution in [1.29, 1.82) is 0 Å². The average Bonchev–Trinajstić information content (AvgIpc) is 2.42. The van der Waals surface area contributed by atoms with Crippen molar-refractivity contribution in [2.24, 2.45) is 0 Å². The van der Waals surface area contributed by atoms with E-state index in [-0.39, 0.29) is 11.8 Å². The van der Waals surface area contributed by atoms with Gasteiger partial charge >= 0.3 is 0 Å². The SMILES string of the molecule is COCCCNCCC(=O)N1CCN(C(C)=O)CC1. The summed E-state index contributed by atoms with van der Waals surface area (Å²) in [6, 6.07) is 0. The number of hydrogen-bond donors (Lipinski definition) is 1. The quantitative estimate of drug-likeness (QED) is 0.645. The number of rotatable bonds is 7. The van der Waals surface area contributed by atoms with Gasteiger partial charge in [-0.25, -0.2) is 0 Å². The van der Waals surface area contributed by atoms with Crippen LogP contribution in [0.4, 0.5) is 0 Å². The fourth-order valence-corrected chi connectivity index (χ4v) is 2.09. The van der Waals surface area contributed by atoms with Gasteiger partial charge in [0.1, 0.15) is 0 Å². The van der Waals surface area contributed by atoms with Crippen LogP contribution in [0.25, 0.3) is 0 Å². The summed E-state index contributed by atoms with van der Waals surface area (Å²) < 4.78 is 4.95. The first-order valence-electron chi connectivity index (χ1n) is 6.88. The number of ether oxygens (including phenoxy) is 1. The summed E-state index contributed by atoms with van der Waals surface area (Å²) in [5, 5.41) is 3.23. The Morgan fingerprint density at radius 3 is 2.32 bits per heavy atom. The van der Waals surface area contributed by atoms with Gasteiger partial charge in [0.2, 0.25) is 11.8 Å². The molecule has 1 aliphatic rings. The summed E-state index contributed by atoms with van der Waals surface area (Å²) >= 11 is 0. The summed E-state index contributed by atoms with van der Waals surface area (Å²) in [6.07, 6.45) is 1.48. The number of amides is 2. The molecule has 1 rings (SSSR count). The minimum Gasteiger partial charge on any atom is -0.385 e. The smallest absolute Gasteiger partial charge is 0.223 e. The Hall–Kier alpha value is -1.14. The third kappa shape index (κ3) is 6.02. The molecule has 0 aromatic carbocycles. The Labute approximate surface area is 115 Å². The van der Waals surface area contributed by atoms with Crippen LogP contribution >= 0.6 is 0 Å². The Bertz CT molecular complexity index is 289. The van der Waals surface area contributed by atoms with Crippen LogP contribution in [0, 0.1) is 0 Å². The molecule has 0 unspecified atom stereocenters. The number of nitrogens with zero attached hydrogens (tertiary/aromatic N) is 2. The van der Waals surface area contributed by atoms with Crippen molar-refractivity contribution in [3.63, 3.8) is 0 Å². The van der Waals surface area contributed by atoms with Gasteiger partial charge in [0.25, 0.3) is 0 Å². The van der Waals surface area contributed by atoms with E-state index in [0.29, 0.717) is 39.1 Å². The van der Waals surface area contributed by atoms with Crippen LogP contribution in [0.3, 0.4) is 0 Å². The second-order valence-corrected chi connectivity index (χ2v) is 4.73. The molecule has 0 aromatic heterocycles. The molecule has 1 heterocycles. The van der Waals surface area contributed by atoms with E-state index in [0.717, 1.165) is 19.6 Å². The van der Waals surface area contributed by atoms with Gasteiger partial charge in [0.15, 0.2) is 0 Å². The van der Waals surface area contributed by atoms with Crippen molar-refractivity contribution in [3.05, 3.63) is 0 Å². The number of hydrogen-bond acceptors (Lipinski definition) is 4. The highest BCUT2D eigenvalue weighted by molar-refractivity contribution is 5.77. The maximum atomic E-state index is 11.9. The molecule has 0 atom stereocenters. The van der Waals surface area contributed by atoms with Crippen LogP contribution in [0.15, 0.2) is 0 Å². The van der Waals surface area contributed by atoms with E-state index >= 15 is 0 Å². The lowest BCUT2D eigenvalue weighted by molar-refractivity contribution is -0.138. The lowest BCUT2D eigenvalue weighted by Crippen LogP contribution is -2.50. The van der Waals surface area contributed by atoms with Crippen molar-refractivity contribution in [1.82, 2.24) is 15.1 Å². The van der Waals surface area contributed by atoms with Gasteiger partial charge in [-0.05, 0) is 13.0 Å². The molecule has 0 spiro atoms. The van der Waals surface area contributed by atoms with Crippen LogP contribution in [0.1, 0.15) is 19.8 Å². The first-order valence-corrected chi connectivity index (χ1v) is 6.88. The number of methoxy groups -OCH3 is 1. The van der Waals surface area contributed by atoms with Gasteiger partial charge in [0.05, 0.1) is 0 Å². The van der Waals surface area contributed by atoms with Crippen LogP contribution in [-0.2, 0) is 14.3 Å². The molecule has 0 radical (unpaired) electrons. The van der Waals surface area contributed by atoms with Crippen molar-refractivity contribution < 1.29 is 14.3 Å². The lowest BCUT2D eigenvalue weighted by atomic mass is 10.2. The molecule has 2 amide bonds. The van der Waals surface area contributed by atoms with Crippen molar-refractivity contribution >= 4 is 11.8 Å². The number of carbonyl (C=O) groups is 2. The molecule has 0 aliphatic carbocycles. The van der Waals surface area contributed by atoms with E-state index in [2.05, 4.69) is 5.32 Å². The van der Waals surface area contributed by atoms with E-state index in [1.54, 1.807) is 18.9 Å². The molecule has 1 saturated heterocycles. The molecule has 1 fully saturated rings. The maximum Gasteiger partial charge on any atom is 0.223 e. The minimum absolute atomic E-state index is 0.0897. The highest BCUT2D eigenvalue weighted by Crippen LogP contribution is 2.03. The van der Waals surface area contributed by atoms with Gasteiger partial charge in [-0.1, -0.05) is 0 Å². The zero-order valence-corrected chi connectivity index (χ0v) is 12.0. The molecule has 0 aromatic rings. The predicted octanol–water partition coefficient (Wildman–Crippen LogP) is -0.307. The topological polar surface area (TPSA) is 61.9 Å². The van der Waals surface area contributed by atoms with Crippen LogP contribution < -0.4 is 5.32 Å². The average molecular weight is 271 g/mol. The summed E-state index contributed by atoms with van der Waals surface area (Å²) in [6.45, 7) is 6.51. The monoisotopic (exact) mass is 271 g/mol. The minimum atomic E-state index is 0.0897. The van der Waals surface area contributed by atoms with E-state index < -0.39 is 0 Å². The van der Waals surface area contributed by atoms with E-state index in [1.165, 1.54) is 0 Å². The Morgan fingerprint density at radius 2 is 1.74 bits per heavy atom. The van der Waals surface area contributed by atoms with Crippen molar-refractivity contribution in [3.8, 4) is 0 Å². The molecule has 0 saturated carbocycles. The fourth-order valence-electron chi connectivity index (χ4n) is 2.09. The molecular formula is C13H25N3O3. The van der Waals surface area contributed by atoms with Crippen LogP contribution in [-0.4, -0.2) is 74.6 Å². The lowest BCUT2D eigenvalue weighted by Gasteiger charge is -2.34. The Balaban J connectivity index is 2.09. The summed E-state index contributed by atoms with van der Waals surface area (Å²) in [7, 11) is 1.68. The largest absolute Gasteiger partial charge is 0.385 e. The Kier molecular flexibility index (Phi) is 7.43. The number of carbonyl (C=O) groups excluding carboxylic acids is 2. The van der Waals surface area contributed by atoms with E-state index in [9.17, 15) is 9.59 Å². The number of piperazine rings is 1. The second-order valence-electron chi connectivity index (χ2n) is 4.73. The Morgan fingerprint density at radius 1 is 1.11 bits per heavy atom. The first kappa shape index (κ1) is 15.9. The molecule has 6 heteroatoms. The van der Waals surface area contributed by atoms with Gasteiger partial charge in [-0.2, -0.15) is 0 Å². The van der Waals surface area contributed by atoms with E-state index in [4.69, 9.17) is 4.74 Å². The third-order valence-electron chi connectivity index (χ3n) is 3.30. The summed E-state index contributed by atoms with van der Waals surface area (Å²) in [4.78, 5) is 26.7. The van der Waals surface area contributed by atoms with Crippen LogP contribution in [0.2, 0.25) is 0 Å². The predicted molar refractivity (Wildman–Crippen MR) is 72.8 cm³/mol. The van der Waals surface area contributed by atoms with Crippen molar-refractivity contribution in [2.45, 2.75) is 19.8 Å². The van der Waals surface area contributed by atoms with Gasteiger partial charge in [-0.3, -0.25) is 9.59 Å². The normalized spacial score (nSPS) is 15.7. The van der Waals surface area contributed by atoms with Gasteiger partial charge in [-0.15, -0.1) is 0 Å².